The molecular weight excluding hydrogens is 250 g/mol. The van der Waals surface area contributed by atoms with Gasteiger partial charge >= 0.3 is 6.03 Å². The number of carbonyl (C=O) groups excluding carboxylic acids is 1. The second kappa shape index (κ2) is 6.75. The maximum absolute atomic E-state index is 12.4. The molecule has 1 aliphatic heterocycles. The average Bonchev–Trinajstić information content (AvgIpc) is 2.91. The number of carbonyl (C=O) groups is 1. The highest BCUT2D eigenvalue weighted by atomic mass is 16.2. The molecule has 1 aromatic rings. The normalized spacial score (nSPS) is 18.3. The van der Waals surface area contributed by atoms with E-state index >= 15 is 0 Å². The Labute approximate surface area is 121 Å². The fourth-order valence-corrected chi connectivity index (χ4v) is 2.51. The molecule has 0 aromatic heterocycles. The van der Waals surface area contributed by atoms with Crippen LogP contribution in [0.1, 0.15) is 32.3 Å². The number of benzene rings is 1. The van der Waals surface area contributed by atoms with E-state index in [0.29, 0.717) is 6.04 Å². The Morgan fingerprint density at radius 2 is 2.10 bits per heavy atom. The second-order valence-electron chi connectivity index (χ2n) is 5.84. The fraction of sp³-hybridized carbons (Fsp3) is 0.562. The Balaban J connectivity index is 1.97. The summed E-state index contributed by atoms with van der Waals surface area (Å²) in [4.78, 5) is 14.3. The van der Waals surface area contributed by atoms with Gasteiger partial charge in [-0.15, -0.1) is 0 Å². The molecule has 2 amide bonds. The first kappa shape index (κ1) is 14.9. The number of amides is 2. The maximum Gasteiger partial charge on any atom is 0.322 e. The summed E-state index contributed by atoms with van der Waals surface area (Å²) in [7, 11) is 0. The van der Waals surface area contributed by atoms with Crippen molar-refractivity contribution in [2.24, 2.45) is 0 Å². The summed E-state index contributed by atoms with van der Waals surface area (Å²) >= 11 is 0. The largest absolute Gasteiger partial charge is 0.322 e. The van der Waals surface area contributed by atoms with Gasteiger partial charge < -0.3 is 15.5 Å². The number of hydrogen-bond acceptors (Lipinski definition) is 2. The summed E-state index contributed by atoms with van der Waals surface area (Å²) < 4.78 is 0. The zero-order valence-electron chi connectivity index (χ0n) is 12.6. The lowest BCUT2D eigenvalue weighted by molar-refractivity contribution is 0.190. The number of anilines is 1. The number of rotatable bonds is 4. The molecule has 0 aliphatic carbocycles. The van der Waals surface area contributed by atoms with E-state index in [1.807, 2.05) is 36.1 Å². The summed E-state index contributed by atoms with van der Waals surface area (Å²) in [6.45, 7) is 8.00. The Morgan fingerprint density at radius 3 is 2.65 bits per heavy atom. The molecule has 110 valence electrons. The lowest BCUT2D eigenvalue weighted by Crippen LogP contribution is -2.46. The number of nitrogens with one attached hydrogen (secondary N) is 2. The van der Waals surface area contributed by atoms with Crippen LogP contribution < -0.4 is 10.6 Å². The Morgan fingerprint density at radius 1 is 1.40 bits per heavy atom. The molecule has 1 heterocycles. The van der Waals surface area contributed by atoms with Gasteiger partial charge in [-0.05, 0) is 52.3 Å². The minimum absolute atomic E-state index is 0.0162. The third-order valence-corrected chi connectivity index (χ3v) is 3.77. The Hall–Kier alpha value is -1.55. The lowest BCUT2D eigenvalue weighted by Gasteiger charge is -2.29. The van der Waals surface area contributed by atoms with E-state index in [9.17, 15) is 4.79 Å². The van der Waals surface area contributed by atoms with Crippen molar-refractivity contribution in [1.29, 1.82) is 0 Å². The predicted molar refractivity (Wildman–Crippen MR) is 83.1 cm³/mol. The van der Waals surface area contributed by atoms with Crippen LogP contribution in [0, 0.1) is 6.92 Å². The van der Waals surface area contributed by atoms with E-state index in [1.54, 1.807) is 0 Å². The van der Waals surface area contributed by atoms with Gasteiger partial charge in [0, 0.05) is 24.3 Å². The van der Waals surface area contributed by atoms with E-state index < -0.39 is 0 Å². The monoisotopic (exact) mass is 275 g/mol. The summed E-state index contributed by atoms with van der Waals surface area (Å²) in [6.07, 6.45) is 2.36. The molecule has 0 spiro atoms. The van der Waals surface area contributed by atoms with Crippen molar-refractivity contribution in [3.8, 4) is 0 Å². The van der Waals surface area contributed by atoms with Crippen molar-refractivity contribution < 1.29 is 4.79 Å². The van der Waals surface area contributed by atoms with Gasteiger partial charge in [-0.1, -0.05) is 17.7 Å². The van der Waals surface area contributed by atoms with Gasteiger partial charge in [0.2, 0.25) is 0 Å². The first-order valence-electron chi connectivity index (χ1n) is 7.44. The van der Waals surface area contributed by atoms with Crippen LogP contribution in [-0.4, -0.2) is 36.1 Å². The molecule has 0 bridgehead atoms. The first-order valence-corrected chi connectivity index (χ1v) is 7.44. The molecular formula is C16H25N3O. The van der Waals surface area contributed by atoms with Crippen molar-refractivity contribution in [3.63, 3.8) is 0 Å². The van der Waals surface area contributed by atoms with Crippen molar-refractivity contribution >= 4 is 11.7 Å². The van der Waals surface area contributed by atoms with E-state index in [-0.39, 0.29) is 12.1 Å². The first-order chi connectivity index (χ1) is 9.56. The van der Waals surface area contributed by atoms with Gasteiger partial charge in [0.25, 0.3) is 0 Å². The van der Waals surface area contributed by atoms with Crippen LogP contribution in [0.3, 0.4) is 0 Å². The smallest absolute Gasteiger partial charge is 0.321 e. The highest BCUT2D eigenvalue weighted by molar-refractivity contribution is 5.89. The van der Waals surface area contributed by atoms with Gasteiger partial charge in [-0.3, -0.25) is 0 Å². The highest BCUT2D eigenvalue weighted by Gasteiger charge is 2.23. The van der Waals surface area contributed by atoms with Gasteiger partial charge in [-0.2, -0.15) is 0 Å². The van der Waals surface area contributed by atoms with Gasteiger partial charge in [0.15, 0.2) is 0 Å². The molecule has 1 unspecified atom stereocenters. The summed E-state index contributed by atoms with van der Waals surface area (Å²) in [5.41, 5.74) is 2.05. The molecule has 1 atom stereocenters. The van der Waals surface area contributed by atoms with E-state index in [1.165, 1.54) is 12.0 Å². The number of nitrogens with zero attached hydrogens (tertiary/aromatic N) is 1. The van der Waals surface area contributed by atoms with Crippen molar-refractivity contribution in [1.82, 2.24) is 10.2 Å². The van der Waals surface area contributed by atoms with Crippen LogP contribution in [0.2, 0.25) is 0 Å². The lowest BCUT2D eigenvalue weighted by atomic mass is 10.2. The molecule has 1 aromatic carbocycles. The standard InChI is InChI=1S/C16H25N3O/c1-12(2)19(11-15-5-4-10-17-15)16(20)18-14-8-6-13(3)7-9-14/h6-9,12,15,17H,4-5,10-11H2,1-3H3,(H,18,20). The summed E-state index contributed by atoms with van der Waals surface area (Å²) in [5, 5.41) is 6.43. The number of aryl methyl sites for hydroxylation is 1. The molecule has 0 radical (unpaired) electrons. The molecule has 1 saturated heterocycles. The summed E-state index contributed by atoms with van der Waals surface area (Å²) in [6, 6.07) is 8.52. The van der Waals surface area contributed by atoms with Gasteiger partial charge in [0.1, 0.15) is 0 Å². The van der Waals surface area contributed by atoms with Crippen LogP contribution in [0.25, 0.3) is 0 Å². The van der Waals surface area contributed by atoms with Gasteiger partial charge in [-0.25, -0.2) is 4.79 Å². The second-order valence-corrected chi connectivity index (χ2v) is 5.84. The molecule has 1 fully saturated rings. The van der Waals surface area contributed by atoms with Crippen LogP contribution in [0.5, 0.6) is 0 Å². The maximum atomic E-state index is 12.4. The van der Waals surface area contributed by atoms with Crippen LogP contribution in [-0.2, 0) is 0 Å². The molecule has 4 nitrogen and oxygen atoms in total. The van der Waals surface area contributed by atoms with E-state index in [4.69, 9.17) is 0 Å². The summed E-state index contributed by atoms with van der Waals surface area (Å²) in [5.74, 6) is 0. The average molecular weight is 275 g/mol. The quantitative estimate of drug-likeness (QED) is 0.887. The van der Waals surface area contributed by atoms with Crippen LogP contribution in [0.15, 0.2) is 24.3 Å². The number of urea groups is 1. The molecule has 20 heavy (non-hydrogen) atoms. The van der Waals surface area contributed by atoms with E-state index in [2.05, 4.69) is 24.5 Å². The van der Waals surface area contributed by atoms with Crippen LogP contribution in [0.4, 0.5) is 10.5 Å². The molecule has 2 rings (SSSR count). The zero-order chi connectivity index (χ0) is 14.5. The minimum atomic E-state index is -0.0162. The topological polar surface area (TPSA) is 44.4 Å². The number of hydrogen-bond donors (Lipinski definition) is 2. The third-order valence-electron chi connectivity index (χ3n) is 3.77. The zero-order valence-corrected chi connectivity index (χ0v) is 12.6. The minimum Gasteiger partial charge on any atom is -0.321 e. The SMILES string of the molecule is Cc1ccc(NC(=O)N(CC2CCCN2)C(C)C)cc1. The van der Waals surface area contributed by atoms with Crippen molar-refractivity contribution in [3.05, 3.63) is 29.8 Å². The van der Waals surface area contributed by atoms with Crippen molar-refractivity contribution in [2.75, 3.05) is 18.4 Å². The van der Waals surface area contributed by atoms with Crippen molar-refractivity contribution in [2.45, 2.75) is 45.7 Å². The van der Waals surface area contributed by atoms with Gasteiger partial charge in [0.05, 0.1) is 0 Å². The Kier molecular flexibility index (Phi) is 5.01. The third kappa shape index (κ3) is 3.97. The molecule has 4 heteroatoms. The highest BCUT2D eigenvalue weighted by Crippen LogP contribution is 2.13. The Bertz CT molecular complexity index is 436. The molecule has 0 saturated carbocycles. The molecule has 1 aliphatic rings. The fourth-order valence-electron chi connectivity index (χ4n) is 2.51. The van der Waals surface area contributed by atoms with E-state index in [0.717, 1.165) is 25.2 Å². The van der Waals surface area contributed by atoms with Crippen LogP contribution >= 0.6 is 0 Å². The molecule has 2 N–H and O–H groups in total. The predicted octanol–water partition coefficient (Wildman–Crippen LogP) is 2.99.